The predicted octanol–water partition coefficient (Wildman–Crippen LogP) is 0.720. The van der Waals surface area contributed by atoms with Gasteiger partial charge in [-0.25, -0.2) is 0 Å². The first kappa shape index (κ1) is 11.9. The average Bonchev–Trinajstić information content (AvgIpc) is 2.39. The predicted molar refractivity (Wildman–Crippen MR) is 62.3 cm³/mol. The second-order valence-corrected chi connectivity index (χ2v) is 4.61. The van der Waals surface area contributed by atoms with Crippen LogP contribution in [-0.4, -0.2) is 61.1 Å². The van der Waals surface area contributed by atoms with Crippen molar-refractivity contribution >= 4 is 5.91 Å². The minimum atomic E-state index is -0.151. The van der Waals surface area contributed by atoms with Gasteiger partial charge in [0.2, 0.25) is 0 Å². The number of ether oxygens (including phenoxy) is 1. The third-order valence-electron chi connectivity index (χ3n) is 3.59. The van der Waals surface area contributed by atoms with Crippen LogP contribution in [0.15, 0.2) is 0 Å². The van der Waals surface area contributed by atoms with Crippen LogP contribution in [-0.2, 0) is 9.53 Å². The average molecular weight is 226 g/mol. The molecule has 2 saturated heterocycles. The van der Waals surface area contributed by atoms with Crippen LogP contribution in [0.2, 0.25) is 0 Å². The van der Waals surface area contributed by atoms with Crippen LogP contribution < -0.4 is 0 Å². The van der Waals surface area contributed by atoms with Gasteiger partial charge in [0.05, 0.1) is 0 Å². The molecule has 0 radical (unpaired) electrons. The highest BCUT2D eigenvalue weighted by atomic mass is 16.5. The van der Waals surface area contributed by atoms with E-state index in [4.69, 9.17) is 4.74 Å². The standard InChI is InChI=1S/C12H22N2O2/c1-2-13-6-8-14(9-7-13)12(15)11-5-3-4-10-16-11/h11H,2-10H2,1H3. The van der Waals surface area contributed by atoms with Crippen molar-refractivity contribution in [2.45, 2.75) is 32.3 Å². The number of piperazine rings is 1. The molecule has 1 amide bonds. The fourth-order valence-corrected chi connectivity index (χ4v) is 2.42. The van der Waals surface area contributed by atoms with Crippen LogP contribution in [0.5, 0.6) is 0 Å². The second kappa shape index (κ2) is 5.64. The van der Waals surface area contributed by atoms with Crippen LogP contribution >= 0.6 is 0 Å². The summed E-state index contributed by atoms with van der Waals surface area (Å²) < 4.78 is 5.54. The molecule has 2 heterocycles. The van der Waals surface area contributed by atoms with Crippen molar-refractivity contribution in [3.05, 3.63) is 0 Å². The van der Waals surface area contributed by atoms with Gasteiger partial charge in [0, 0.05) is 32.8 Å². The topological polar surface area (TPSA) is 32.8 Å². The van der Waals surface area contributed by atoms with Crippen molar-refractivity contribution in [3.8, 4) is 0 Å². The van der Waals surface area contributed by atoms with Crippen LogP contribution in [0.4, 0.5) is 0 Å². The summed E-state index contributed by atoms with van der Waals surface area (Å²) in [5.74, 6) is 0.218. The summed E-state index contributed by atoms with van der Waals surface area (Å²) in [4.78, 5) is 16.5. The van der Waals surface area contributed by atoms with Crippen LogP contribution in [0.25, 0.3) is 0 Å². The lowest BCUT2D eigenvalue weighted by Gasteiger charge is -2.36. The van der Waals surface area contributed by atoms with E-state index in [1.807, 2.05) is 4.90 Å². The molecule has 0 aromatic carbocycles. The molecule has 16 heavy (non-hydrogen) atoms. The van der Waals surface area contributed by atoms with Crippen LogP contribution in [0, 0.1) is 0 Å². The molecule has 0 aromatic rings. The first-order valence-corrected chi connectivity index (χ1v) is 6.44. The van der Waals surface area contributed by atoms with Crippen molar-refractivity contribution in [2.24, 2.45) is 0 Å². The molecule has 0 aliphatic carbocycles. The van der Waals surface area contributed by atoms with Crippen LogP contribution in [0.1, 0.15) is 26.2 Å². The highest BCUT2D eigenvalue weighted by Crippen LogP contribution is 2.16. The number of carbonyl (C=O) groups is 1. The van der Waals surface area contributed by atoms with Gasteiger partial charge in [0.15, 0.2) is 0 Å². The molecule has 0 aromatic heterocycles. The Morgan fingerprint density at radius 1 is 1.25 bits per heavy atom. The van der Waals surface area contributed by atoms with E-state index >= 15 is 0 Å². The van der Waals surface area contributed by atoms with E-state index in [0.29, 0.717) is 0 Å². The zero-order valence-corrected chi connectivity index (χ0v) is 10.2. The first-order chi connectivity index (χ1) is 7.81. The Kier molecular flexibility index (Phi) is 4.18. The van der Waals surface area contributed by atoms with Gasteiger partial charge in [-0.05, 0) is 25.8 Å². The van der Waals surface area contributed by atoms with Gasteiger partial charge in [-0.2, -0.15) is 0 Å². The fourth-order valence-electron chi connectivity index (χ4n) is 2.42. The van der Waals surface area contributed by atoms with Gasteiger partial charge in [-0.3, -0.25) is 4.79 Å². The van der Waals surface area contributed by atoms with Gasteiger partial charge in [-0.1, -0.05) is 6.92 Å². The SMILES string of the molecule is CCN1CCN(C(=O)C2CCCCO2)CC1. The number of amides is 1. The molecule has 2 aliphatic heterocycles. The summed E-state index contributed by atoms with van der Waals surface area (Å²) in [5, 5.41) is 0. The molecular formula is C12H22N2O2. The van der Waals surface area contributed by atoms with Crippen molar-refractivity contribution in [3.63, 3.8) is 0 Å². The van der Waals surface area contributed by atoms with E-state index < -0.39 is 0 Å². The summed E-state index contributed by atoms with van der Waals surface area (Å²) in [6.07, 6.45) is 2.99. The molecule has 4 nitrogen and oxygen atoms in total. The maximum atomic E-state index is 12.1. The Bertz CT molecular complexity index is 231. The molecule has 1 atom stereocenters. The molecule has 0 saturated carbocycles. The van der Waals surface area contributed by atoms with Gasteiger partial charge in [0.1, 0.15) is 6.10 Å². The highest BCUT2D eigenvalue weighted by molar-refractivity contribution is 5.81. The van der Waals surface area contributed by atoms with E-state index in [2.05, 4.69) is 11.8 Å². The molecular weight excluding hydrogens is 204 g/mol. The van der Waals surface area contributed by atoms with Gasteiger partial charge >= 0.3 is 0 Å². The summed E-state index contributed by atoms with van der Waals surface area (Å²) in [6, 6.07) is 0. The molecule has 2 aliphatic rings. The smallest absolute Gasteiger partial charge is 0.251 e. The Hall–Kier alpha value is -0.610. The monoisotopic (exact) mass is 226 g/mol. The van der Waals surface area contributed by atoms with Crippen LogP contribution in [0.3, 0.4) is 0 Å². The van der Waals surface area contributed by atoms with Crippen molar-refractivity contribution in [1.82, 2.24) is 9.80 Å². The lowest BCUT2D eigenvalue weighted by molar-refractivity contribution is -0.148. The lowest BCUT2D eigenvalue weighted by atomic mass is 10.1. The third kappa shape index (κ3) is 2.74. The van der Waals surface area contributed by atoms with E-state index in [9.17, 15) is 4.79 Å². The number of hydrogen-bond acceptors (Lipinski definition) is 3. The second-order valence-electron chi connectivity index (χ2n) is 4.61. The van der Waals surface area contributed by atoms with Crippen molar-refractivity contribution < 1.29 is 9.53 Å². The molecule has 0 bridgehead atoms. The van der Waals surface area contributed by atoms with E-state index in [0.717, 1.165) is 58.6 Å². The largest absolute Gasteiger partial charge is 0.368 e. The maximum absolute atomic E-state index is 12.1. The van der Waals surface area contributed by atoms with Gasteiger partial charge in [-0.15, -0.1) is 0 Å². The van der Waals surface area contributed by atoms with Gasteiger partial charge in [0.25, 0.3) is 5.91 Å². The summed E-state index contributed by atoms with van der Waals surface area (Å²) in [5.41, 5.74) is 0. The van der Waals surface area contributed by atoms with Gasteiger partial charge < -0.3 is 14.5 Å². The quantitative estimate of drug-likeness (QED) is 0.695. The third-order valence-corrected chi connectivity index (χ3v) is 3.59. The first-order valence-electron chi connectivity index (χ1n) is 6.44. The van der Waals surface area contributed by atoms with E-state index in [-0.39, 0.29) is 12.0 Å². The molecule has 1 unspecified atom stereocenters. The number of likely N-dealkylation sites (N-methyl/N-ethyl adjacent to an activating group) is 1. The fraction of sp³-hybridized carbons (Fsp3) is 0.917. The molecule has 2 fully saturated rings. The highest BCUT2D eigenvalue weighted by Gasteiger charge is 2.28. The zero-order chi connectivity index (χ0) is 11.4. The normalized spacial score (nSPS) is 28.1. The number of nitrogens with zero attached hydrogens (tertiary/aromatic N) is 2. The Morgan fingerprint density at radius 2 is 2.00 bits per heavy atom. The maximum Gasteiger partial charge on any atom is 0.251 e. The molecule has 0 N–H and O–H groups in total. The number of carbonyl (C=O) groups excluding carboxylic acids is 1. The molecule has 0 spiro atoms. The summed E-state index contributed by atoms with van der Waals surface area (Å²) in [6.45, 7) is 7.76. The van der Waals surface area contributed by atoms with E-state index in [1.54, 1.807) is 0 Å². The number of rotatable bonds is 2. The zero-order valence-electron chi connectivity index (χ0n) is 10.2. The molecule has 2 rings (SSSR count). The Balaban J connectivity index is 1.81. The lowest BCUT2D eigenvalue weighted by Crippen LogP contribution is -2.52. The minimum Gasteiger partial charge on any atom is -0.368 e. The number of hydrogen-bond donors (Lipinski definition) is 0. The van der Waals surface area contributed by atoms with Crippen molar-refractivity contribution in [2.75, 3.05) is 39.3 Å². The van der Waals surface area contributed by atoms with E-state index in [1.165, 1.54) is 0 Å². The Morgan fingerprint density at radius 3 is 2.56 bits per heavy atom. The molecule has 4 heteroatoms. The summed E-state index contributed by atoms with van der Waals surface area (Å²) in [7, 11) is 0. The summed E-state index contributed by atoms with van der Waals surface area (Å²) >= 11 is 0. The minimum absolute atomic E-state index is 0.151. The Labute approximate surface area is 97.5 Å². The van der Waals surface area contributed by atoms with Crippen molar-refractivity contribution in [1.29, 1.82) is 0 Å². The molecule has 92 valence electrons.